The first kappa shape index (κ1) is 12.8. The van der Waals surface area contributed by atoms with Crippen molar-refractivity contribution in [1.29, 1.82) is 0 Å². The van der Waals surface area contributed by atoms with Crippen LogP contribution in [0.25, 0.3) is 0 Å². The summed E-state index contributed by atoms with van der Waals surface area (Å²) in [5.74, 6) is -0.331. The highest BCUT2D eigenvalue weighted by molar-refractivity contribution is 7.80. The Labute approximate surface area is 96.7 Å². The SMILES string of the molecule is O=[N+]([O-])c1ccc(O)c(C(O)C(O)CS)c1. The molecule has 16 heavy (non-hydrogen) atoms. The number of nitro benzene ring substituents is 1. The fraction of sp³-hybridized carbons (Fsp3) is 0.333. The Kier molecular flexibility index (Phi) is 4.11. The second kappa shape index (κ2) is 5.15. The number of phenols is 1. The maximum Gasteiger partial charge on any atom is 0.270 e. The van der Waals surface area contributed by atoms with E-state index in [1.165, 1.54) is 0 Å². The summed E-state index contributed by atoms with van der Waals surface area (Å²) in [7, 11) is 0. The molecule has 0 bridgehead atoms. The Morgan fingerprint density at radius 2 is 2.06 bits per heavy atom. The van der Waals surface area contributed by atoms with E-state index in [-0.39, 0.29) is 22.8 Å². The number of hydrogen-bond acceptors (Lipinski definition) is 6. The molecule has 2 unspecified atom stereocenters. The van der Waals surface area contributed by atoms with Gasteiger partial charge in [-0.15, -0.1) is 0 Å². The highest BCUT2D eigenvalue weighted by Gasteiger charge is 2.22. The molecule has 0 saturated carbocycles. The highest BCUT2D eigenvalue weighted by atomic mass is 32.1. The quantitative estimate of drug-likeness (QED) is 0.354. The van der Waals surface area contributed by atoms with Gasteiger partial charge in [0.2, 0.25) is 0 Å². The zero-order chi connectivity index (χ0) is 12.3. The fourth-order valence-electron chi connectivity index (χ4n) is 1.20. The largest absolute Gasteiger partial charge is 0.508 e. The first-order valence-corrected chi connectivity index (χ1v) is 5.05. The molecule has 0 heterocycles. The molecule has 0 amide bonds. The first-order chi connectivity index (χ1) is 7.47. The third kappa shape index (κ3) is 2.63. The summed E-state index contributed by atoms with van der Waals surface area (Å²) >= 11 is 3.78. The highest BCUT2D eigenvalue weighted by Crippen LogP contribution is 2.30. The van der Waals surface area contributed by atoms with E-state index in [1.54, 1.807) is 0 Å². The first-order valence-electron chi connectivity index (χ1n) is 4.41. The van der Waals surface area contributed by atoms with E-state index in [4.69, 9.17) is 0 Å². The van der Waals surface area contributed by atoms with Gasteiger partial charge in [-0.3, -0.25) is 10.1 Å². The maximum absolute atomic E-state index is 10.5. The van der Waals surface area contributed by atoms with E-state index in [2.05, 4.69) is 12.6 Å². The fourth-order valence-corrected chi connectivity index (χ4v) is 1.40. The van der Waals surface area contributed by atoms with Crippen molar-refractivity contribution in [1.82, 2.24) is 0 Å². The normalized spacial score (nSPS) is 14.4. The van der Waals surface area contributed by atoms with Gasteiger partial charge in [0.05, 0.1) is 11.0 Å². The number of aliphatic hydroxyl groups excluding tert-OH is 2. The third-order valence-corrected chi connectivity index (χ3v) is 2.47. The number of thiol groups is 1. The van der Waals surface area contributed by atoms with Gasteiger partial charge in [-0.2, -0.15) is 12.6 Å². The number of phenolic OH excluding ortho intramolecular Hbond substituents is 1. The summed E-state index contributed by atoms with van der Waals surface area (Å²) < 4.78 is 0. The van der Waals surface area contributed by atoms with Crippen molar-refractivity contribution in [2.75, 3.05) is 5.75 Å². The average molecular weight is 245 g/mol. The van der Waals surface area contributed by atoms with Gasteiger partial charge in [0.15, 0.2) is 0 Å². The predicted molar refractivity (Wildman–Crippen MR) is 59.6 cm³/mol. The molecule has 0 fully saturated rings. The smallest absolute Gasteiger partial charge is 0.270 e. The number of nitro groups is 1. The Morgan fingerprint density at radius 3 is 2.56 bits per heavy atom. The van der Waals surface area contributed by atoms with Gasteiger partial charge >= 0.3 is 0 Å². The number of rotatable bonds is 4. The molecule has 0 aliphatic rings. The molecule has 0 saturated heterocycles. The van der Waals surface area contributed by atoms with E-state index in [0.29, 0.717) is 0 Å². The summed E-state index contributed by atoms with van der Waals surface area (Å²) in [5, 5.41) is 38.8. The lowest BCUT2D eigenvalue weighted by Gasteiger charge is -2.16. The van der Waals surface area contributed by atoms with Crippen molar-refractivity contribution in [2.24, 2.45) is 0 Å². The lowest BCUT2D eigenvalue weighted by atomic mass is 10.0. The molecule has 6 nitrogen and oxygen atoms in total. The van der Waals surface area contributed by atoms with Crippen LogP contribution in [0.15, 0.2) is 18.2 Å². The molecule has 0 spiro atoms. The molecule has 0 aliphatic heterocycles. The van der Waals surface area contributed by atoms with Crippen molar-refractivity contribution in [2.45, 2.75) is 12.2 Å². The molecule has 3 N–H and O–H groups in total. The van der Waals surface area contributed by atoms with Crippen LogP contribution in [0.2, 0.25) is 0 Å². The van der Waals surface area contributed by atoms with Crippen LogP contribution in [0, 0.1) is 10.1 Å². The number of benzene rings is 1. The Bertz CT molecular complexity index is 397. The van der Waals surface area contributed by atoms with Crippen LogP contribution < -0.4 is 0 Å². The Hall–Kier alpha value is -1.31. The van der Waals surface area contributed by atoms with Crippen molar-refractivity contribution in [3.8, 4) is 5.75 Å². The number of non-ortho nitro benzene ring substituents is 1. The molecular formula is C9H11NO5S. The van der Waals surface area contributed by atoms with Gasteiger partial charge in [-0.05, 0) is 6.07 Å². The van der Waals surface area contributed by atoms with E-state index in [0.717, 1.165) is 18.2 Å². The zero-order valence-electron chi connectivity index (χ0n) is 8.15. The van der Waals surface area contributed by atoms with E-state index < -0.39 is 17.1 Å². The molecule has 1 aromatic rings. The number of nitrogens with zero attached hydrogens (tertiary/aromatic N) is 1. The average Bonchev–Trinajstić information content (AvgIpc) is 2.27. The van der Waals surface area contributed by atoms with Crippen LogP contribution in [0.4, 0.5) is 5.69 Å². The van der Waals surface area contributed by atoms with Gasteiger partial charge in [0.25, 0.3) is 5.69 Å². The Morgan fingerprint density at radius 1 is 1.44 bits per heavy atom. The number of aliphatic hydroxyl groups is 2. The molecule has 1 aromatic carbocycles. The minimum Gasteiger partial charge on any atom is -0.508 e. The number of aromatic hydroxyl groups is 1. The second-order valence-corrected chi connectivity index (χ2v) is 3.56. The standard InChI is InChI=1S/C9H11NO5S/c11-7-2-1-5(10(14)15)3-6(7)9(13)8(12)4-16/h1-3,8-9,11-13,16H,4H2. The van der Waals surface area contributed by atoms with Crippen LogP contribution in [0.5, 0.6) is 5.75 Å². The molecule has 0 aliphatic carbocycles. The molecule has 0 aromatic heterocycles. The number of hydrogen-bond donors (Lipinski definition) is 4. The van der Waals surface area contributed by atoms with Gasteiger partial charge in [0.1, 0.15) is 11.9 Å². The minimum atomic E-state index is -1.41. The topological polar surface area (TPSA) is 104 Å². The summed E-state index contributed by atoms with van der Waals surface area (Å²) in [6, 6.07) is 3.23. The van der Waals surface area contributed by atoms with Gasteiger partial charge in [0, 0.05) is 23.4 Å². The summed E-state index contributed by atoms with van der Waals surface area (Å²) in [6.45, 7) is 0. The summed E-state index contributed by atoms with van der Waals surface area (Å²) in [4.78, 5) is 9.84. The van der Waals surface area contributed by atoms with Gasteiger partial charge in [-0.1, -0.05) is 0 Å². The second-order valence-electron chi connectivity index (χ2n) is 3.19. The van der Waals surface area contributed by atoms with Crippen LogP contribution in [-0.4, -0.2) is 32.1 Å². The maximum atomic E-state index is 10.5. The predicted octanol–water partition coefficient (Wildman–Crippen LogP) is 0.624. The monoisotopic (exact) mass is 245 g/mol. The molecule has 88 valence electrons. The van der Waals surface area contributed by atoms with Crippen LogP contribution in [0.3, 0.4) is 0 Å². The molecule has 0 radical (unpaired) electrons. The molecular weight excluding hydrogens is 234 g/mol. The van der Waals surface area contributed by atoms with Crippen molar-refractivity contribution in [3.63, 3.8) is 0 Å². The van der Waals surface area contributed by atoms with Gasteiger partial charge < -0.3 is 15.3 Å². The lowest BCUT2D eigenvalue weighted by Crippen LogP contribution is -2.19. The molecule has 7 heteroatoms. The van der Waals surface area contributed by atoms with Crippen LogP contribution in [-0.2, 0) is 0 Å². The van der Waals surface area contributed by atoms with Crippen LogP contribution >= 0.6 is 12.6 Å². The zero-order valence-corrected chi connectivity index (χ0v) is 9.04. The third-order valence-electron chi connectivity index (χ3n) is 2.09. The van der Waals surface area contributed by atoms with E-state index in [9.17, 15) is 25.4 Å². The van der Waals surface area contributed by atoms with Gasteiger partial charge in [-0.25, -0.2) is 0 Å². The summed E-state index contributed by atoms with van der Waals surface area (Å²) in [6.07, 6.45) is -2.60. The molecule has 1 rings (SSSR count). The molecule has 2 atom stereocenters. The summed E-state index contributed by atoms with van der Waals surface area (Å²) in [5.41, 5.74) is -0.353. The van der Waals surface area contributed by atoms with E-state index in [1.807, 2.05) is 0 Å². The van der Waals surface area contributed by atoms with Crippen LogP contribution in [0.1, 0.15) is 11.7 Å². The minimum absolute atomic E-state index is 0.0245. The Balaban J connectivity index is 3.11. The van der Waals surface area contributed by atoms with Crippen molar-refractivity contribution in [3.05, 3.63) is 33.9 Å². The van der Waals surface area contributed by atoms with E-state index >= 15 is 0 Å². The lowest BCUT2D eigenvalue weighted by molar-refractivity contribution is -0.385. The van der Waals surface area contributed by atoms with Crippen molar-refractivity contribution < 1.29 is 20.2 Å². The van der Waals surface area contributed by atoms with Crippen molar-refractivity contribution >= 4 is 18.3 Å².